The third-order valence-corrected chi connectivity index (χ3v) is 5.60. The maximum atomic E-state index is 6.00. The highest BCUT2D eigenvalue weighted by Gasteiger charge is 2.14. The fourth-order valence-electron chi connectivity index (χ4n) is 3.52. The third-order valence-electron chi connectivity index (χ3n) is 5.60. The summed E-state index contributed by atoms with van der Waals surface area (Å²) >= 11 is 0. The number of hydrogen-bond donors (Lipinski definition) is 2. The van der Waals surface area contributed by atoms with E-state index in [-0.39, 0.29) is 30.0 Å². The molecule has 0 spiro atoms. The minimum atomic E-state index is 0. The summed E-state index contributed by atoms with van der Waals surface area (Å²) in [5, 5.41) is 6.87. The molecule has 1 atom stereocenters. The molecule has 1 unspecified atom stereocenters. The molecule has 0 saturated carbocycles. The Morgan fingerprint density at radius 3 is 2.26 bits per heavy atom. The number of halogens is 1. The zero-order chi connectivity index (χ0) is 21.2. The van der Waals surface area contributed by atoms with Gasteiger partial charge in [0.2, 0.25) is 0 Å². The topological polar surface area (TPSA) is 54.9 Å². The van der Waals surface area contributed by atoms with Crippen LogP contribution < -0.4 is 10.6 Å². The van der Waals surface area contributed by atoms with Crippen molar-refractivity contribution in [3.05, 3.63) is 70.8 Å². The molecule has 170 valence electrons. The fraction of sp³-hybridized carbons (Fsp3) is 0.480. The van der Waals surface area contributed by atoms with Crippen LogP contribution in [0.25, 0.3) is 0 Å². The van der Waals surface area contributed by atoms with Gasteiger partial charge in [0.05, 0.1) is 18.8 Å². The van der Waals surface area contributed by atoms with Crippen molar-refractivity contribution in [2.45, 2.75) is 58.4 Å². The van der Waals surface area contributed by atoms with E-state index in [4.69, 9.17) is 9.47 Å². The summed E-state index contributed by atoms with van der Waals surface area (Å²) < 4.78 is 11.4. The monoisotopic (exact) mass is 537 g/mol. The third kappa shape index (κ3) is 8.43. The summed E-state index contributed by atoms with van der Waals surface area (Å²) in [6.45, 7) is 7.34. The van der Waals surface area contributed by atoms with Gasteiger partial charge in [-0.1, -0.05) is 55.5 Å². The molecule has 0 amide bonds. The van der Waals surface area contributed by atoms with Crippen molar-refractivity contribution in [3.63, 3.8) is 0 Å². The van der Waals surface area contributed by atoms with Gasteiger partial charge < -0.3 is 20.1 Å². The number of aryl methyl sites for hydroxylation is 1. The quantitative estimate of drug-likeness (QED) is 0.283. The first-order valence-corrected chi connectivity index (χ1v) is 11.0. The van der Waals surface area contributed by atoms with Crippen LogP contribution in [-0.2, 0) is 29.0 Å². The molecule has 2 aromatic carbocycles. The average Bonchev–Trinajstić information content (AvgIpc) is 2.81. The number of nitrogens with one attached hydrogen (secondary N) is 2. The molecule has 0 bridgehead atoms. The SMILES string of the molecule is CCc1ccc(C(C)NC(=NC)NCc2ccc(COC3CCOCC3)cc2)cc1.I. The predicted molar refractivity (Wildman–Crippen MR) is 138 cm³/mol. The Morgan fingerprint density at radius 2 is 1.65 bits per heavy atom. The number of rotatable bonds is 8. The molecule has 2 N–H and O–H groups in total. The van der Waals surface area contributed by atoms with E-state index in [0.29, 0.717) is 12.7 Å². The summed E-state index contributed by atoms with van der Waals surface area (Å²) in [6, 6.07) is 17.5. The Bertz CT molecular complexity index is 787. The first-order chi connectivity index (χ1) is 14.7. The molecule has 6 heteroatoms. The minimum absolute atomic E-state index is 0. The molecule has 31 heavy (non-hydrogen) atoms. The second-order valence-corrected chi connectivity index (χ2v) is 7.83. The number of aliphatic imine (C=N–C) groups is 1. The van der Waals surface area contributed by atoms with Gasteiger partial charge in [-0.2, -0.15) is 0 Å². The molecule has 1 aliphatic heterocycles. The second kappa shape index (κ2) is 13.7. The molecule has 0 radical (unpaired) electrons. The number of hydrogen-bond acceptors (Lipinski definition) is 3. The van der Waals surface area contributed by atoms with Gasteiger partial charge in [0.25, 0.3) is 0 Å². The number of ether oxygens (including phenoxy) is 2. The van der Waals surface area contributed by atoms with Crippen molar-refractivity contribution in [2.24, 2.45) is 4.99 Å². The summed E-state index contributed by atoms with van der Waals surface area (Å²) in [5.41, 5.74) is 5.03. The van der Waals surface area contributed by atoms with Gasteiger partial charge in [-0.3, -0.25) is 4.99 Å². The molecule has 1 fully saturated rings. The molecule has 0 aliphatic carbocycles. The zero-order valence-corrected chi connectivity index (χ0v) is 21.2. The van der Waals surface area contributed by atoms with Crippen LogP contribution in [0.3, 0.4) is 0 Å². The van der Waals surface area contributed by atoms with Crippen molar-refractivity contribution in [3.8, 4) is 0 Å². The Kier molecular flexibility index (Phi) is 11.3. The smallest absolute Gasteiger partial charge is 0.191 e. The minimum Gasteiger partial charge on any atom is -0.381 e. The van der Waals surface area contributed by atoms with Gasteiger partial charge in [0.15, 0.2) is 5.96 Å². The van der Waals surface area contributed by atoms with Gasteiger partial charge in [0.1, 0.15) is 0 Å². The second-order valence-electron chi connectivity index (χ2n) is 7.83. The van der Waals surface area contributed by atoms with Crippen molar-refractivity contribution < 1.29 is 9.47 Å². The maximum Gasteiger partial charge on any atom is 0.191 e. The highest BCUT2D eigenvalue weighted by Crippen LogP contribution is 2.15. The normalized spacial score (nSPS) is 15.8. The van der Waals surface area contributed by atoms with Crippen molar-refractivity contribution in [2.75, 3.05) is 20.3 Å². The molecule has 2 aromatic rings. The van der Waals surface area contributed by atoms with Crippen molar-refractivity contribution in [1.29, 1.82) is 0 Å². The van der Waals surface area contributed by atoms with E-state index in [0.717, 1.165) is 45.0 Å². The van der Waals surface area contributed by atoms with E-state index in [2.05, 4.69) is 78.0 Å². The molecule has 5 nitrogen and oxygen atoms in total. The molecule has 0 aromatic heterocycles. The van der Waals surface area contributed by atoms with Gasteiger partial charge in [-0.05, 0) is 48.4 Å². The predicted octanol–water partition coefficient (Wildman–Crippen LogP) is 4.99. The van der Waals surface area contributed by atoms with Crippen LogP contribution in [-0.4, -0.2) is 32.3 Å². The highest BCUT2D eigenvalue weighted by molar-refractivity contribution is 14.0. The van der Waals surface area contributed by atoms with Crippen LogP contribution in [0.5, 0.6) is 0 Å². The standard InChI is InChI=1S/C25H35N3O2.HI/c1-4-20-9-11-23(12-10-20)19(2)28-25(26-3)27-17-21-5-7-22(8-6-21)18-30-24-13-15-29-16-14-24;/h5-12,19,24H,4,13-18H2,1-3H3,(H2,26,27,28);1H. The van der Waals surface area contributed by atoms with E-state index in [1.54, 1.807) is 7.05 Å². The lowest BCUT2D eigenvalue weighted by atomic mass is 10.1. The van der Waals surface area contributed by atoms with E-state index in [1.165, 1.54) is 22.3 Å². The lowest BCUT2D eigenvalue weighted by Gasteiger charge is -2.22. The lowest BCUT2D eigenvalue weighted by Crippen LogP contribution is -2.38. The van der Waals surface area contributed by atoms with E-state index in [9.17, 15) is 0 Å². The van der Waals surface area contributed by atoms with Gasteiger partial charge in [0, 0.05) is 26.8 Å². The van der Waals surface area contributed by atoms with Crippen LogP contribution in [0.2, 0.25) is 0 Å². The summed E-state index contributed by atoms with van der Waals surface area (Å²) in [7, 11) is 1.80. The molecule has 1 aliphatic rings. The van der Waals surface area contributed by atoms with Crippen LogP contribution >= 0.6 is 24.0 Å². The average molecular weight is 537 g/mol. The Hall–Kier alpha value is -1.64. The van der Waals surface area contributed by atoms with Crippen LogP contribution in [0.1, 0.15) is 55.0 Å². The molecular weight excluding hydrogens is 501 g/mol. The fourth-order valence-corrected chi connectivity index (χ4v) is 3.52. The van der Waals surface area contributed by atoms with Crippen LogP contribution in [0, 0.1) is 0 Å². The van der Waals surface area contributed by atoms with E-state index < -0.39 is 0 Å². The Balaban J connectivity index is 0.00000341. The zero-order valence-electron chi connectivity index (χ0n) is 18.9. The molecule has 3 rings (SSSR count). The number of benzene rings is 2. The van der Waals surface area contributed by atoms with E-state index in [1.807, 2.05) is 0 Å². The molecular formula is C25H36IN3O2. The van der Waals surface area contributed by atoms with Gasteiger partial charge in [-0.25, -0.2) is 0 Å². The maximum absolute atomic E-state index is 6.00. The number of nitrogens with zero attached hydrogens (tertiary/aromatic N) is 1. The Morgan fingerprint density at radius 1 is 1.03 bits per heavy atom. The molecule has 1 heterocycles. The van der Waals surface area contributed by atoms with Gasteiger partial charge in [-0.15, -0.1) is 24.0 Å². The first-order valence-electron chi connectivity index (χ1n) is 11.0. The van der Waals surface area contributed by atoms with Crippen LogP contribution in [0.4, 0.5) is 0 Å². The van der Waals surface area contributed by atoms with Crippen LogP contribution in [0.15, 0.2) is 53.5 Å². The van der Waals surface area contributed by atoms with Crippen molar-refractivity contribution in [1.82, 2.24) is 10.6 Å². The first kappa shape index (κ1) is 25.6. The van der Waals surface area contributed by atoms with Crippen molar-refractivity contribution >= 4 is 29.9 Å². The summed E-state index contributed by atoms with van der Waals surface area (Å²) in [6.07, 6.45) is 3.38. The lowest BCUT2D eigenvalue weighted by molar-refractivity contribution is -0.0390. The highest BCUT2D eigenvalue weighted by atomic mass is 127. The largest absolute Gasteiger partial charge is 0.381 e. The molecule has 1 saturated heterocycles. The summed E-state index contributed by atoms with van der Waals surface area (Å²) in [4.78, 5) is 4.37. The Labute approximate surface area is 204 Å². The van der Waals surface area contributed by atoms with Gasteiger partial charge >= 0.3 is 0 Å². The van der Waals surface area contributed by atoms with E-state index >= 15 is 0 Å². The number of guanidine groups is 1. The summed E-state index contributed by atoms with van der Waals surface area (Å²) in [5.74, 6) is 0.800.